The summed E-state index contributed by atoms with van der Waals surface area (Å²) in [6.07, 6.45) is 4.56. The summed E-state index contributed by atoms with van der Waals surface area (Å²) in [7, 11) is -2.12. The van der Waals surface area contributed by atoms with Gasteiger partial charge in [-0.05, 0) is 95.7 Å². The predicted octanol–water partition coefficient (Wildman–Crippen LogP) is 6.22. The molecule has 0 N–H and O–H groups in total. The van der Waals surface area contributed by atoms with E-state index in [9.17, 15) is 4.79 Å². The minimum Gasteiger partial charge on any atom is -0.341 e. The molecule has 3 aliphatic heterocycles. The normalized spacial score (nSPS) is 17.5. The first-order valence-electron chi connectivity index (χ1n) is 13.6. The molecule has 0 aliphatic carbocycles. The molecule has 3 heterocycles. The summed E-state index contributed by atoms with van der Waals surface area (Å²) in [5.41, 5.74) is 9.66. The van der Waals surface area contributed by atoms with Gasteiger partial charge in [-0.25, -0.2) is 0 Å². The van der Waals surface area contributed by atoms with E-state index < -0.39 is 8.07 Å². The molecule has 4 heteroatoms. The first kappa shape index (κ1) is 22.6. The highest BCUT2D eigenvalue weighted by Crippen LogP contribution is 2.36. The fourth-order valence-corrected chi connectivity index (χ4v) is 9.77. The second-order valence-electron chi connectivity index (χ2n) is 11.2. The molecule has 0 saturated carbocycles. The van der Waals surface area contributed by atoms with Crippen LogP contribution in [0.3, 0.4) is 0 Å². The van der Waals surface area contributed by atoms with Crippen molar-refractivity contribution in [1.82, 2.24) is 0 Å². The van der Waals surface area contributed by atoms with E-state index in [1.807, 2.05) is 0 Å². The van der Waals surface area contributed by atoms with Crippen LogP contribution in [0, 0.1) is 0 Å². The molecule has 0 bridgehead atoms. The van der Waals surface area contributed by atoms with Crippen LogP contribution in [-0.2, 0) is 12.8 Å². The molecule has 7 rings (SSSR count). The molecule has 0 atom stereocenters. The SMILES string of the molecule is C[Si]1(C)c2cc(N3CCCc4ccccc43)ccc2C(=O)c2ccc(N3CCCc4ccccc43)cc21. The fraction of sp³-hybridized carbons (Fsp3) is 0.242. The zero-order valence-corrected chi connectivity index (χ0v) is 22.6. The zero-order chi connectivity index (χ0) is 25.1. The smallest absolute Gasteiger partial charge is 0.192 e. The third kappa shape index (κ3) is 3.50. The minimum atomic E-state index is -2.12. The van der Waals surface area contributed by atoms with Crippen LogP contribution in [0.15, 0.2) is 84.9 Å². The lowest BCUT2D eigenvalue weighted by Gasteiger charge is -2.37. The number of ketones is 1. The minimum absolute atomic E-state index is 0.174. The highest BCUT2D eigenvalue weighted by atomic mass is 28.3. The molecule has 37 heavy (non-hydrogen) atoms. The Morgan fingerprint density at radius 3 is 1.57 bits per heavy atom. The largest absolute Gasteiger partial charge is 0.341 e. The molecule has 4 aromatic carbocycles. The summed E-state index contributed by atoms with van der Waals surface area (Å²) in [6, 6.07) is 30.7. The molecule has 0 unspecified atom stereocenters. The molecular weight excluding hydrogens is 468 g/mol. The number of benzene rings is 4. The van der Waals surface area contributed by atoms with Gasteiger partial charge in [-0.3, -0.25) is 4.79 Å². The number of hydrogen-bond acceptors (Lipinski definition) is 3. The number of fused-ring (bicyclic) bond motifs is 4. The Balaban J connectivity index is 1.32. The Labute approximate surface area is 220 Å². The Hall–Kier alpha value is -3.63. The first-order chi connectivity index (χ1) is 18.0. The molecular formula is C33H32N2OSi. The van der Waals surface area contributed by atoms with Gasteiger partial charge < -0.3 is 9.80 Å². The van der Waals surface area contributed by atoms with Gasteiger partial charge in [-0.2, -0.15) is 0 Å². The lowest BCUT2D eigenvalue weighted by molar-refractivity contribution is 0.104. The monoisotopic (exact) mass is 500 g/mol. The number of rotatable bonds is 2. The van der Waals surface area contributed by atoms with Crippen molar-refractivity contribution in [2.75, 3.05) is 22.9 Å². The molecule has 0 aromatic heterocycles. The molecule has 184 valence electrons. The van der Waals surface area contributed by atoms with E-state index in [2.05, 4.69) is 108 Å². The molecule has 0 spiro atoms. The van der Waals surface area contributed by atoms with Crippen LogP contribution < -0.4 is 20.2 Å². The number of carbonyl (C=O) groups is 1. The van der Waals surface area contributed by atoms with E-state index in [-0.39, 0.29) is 5.78 Å². The highest BCUT2D eigenvalue weighted by Gasteiger charge is 2.39. The Kier molecular flexibility index (Phi) is 5.16. The molecule has 0 saturated heterocycles. The van der Waals surface area contributed by atoms with Crippen LogP contribution in [0.4, 0.5) is 22.7 Å². The van der Waals surface area contributed by atoms with Gasteiger partial charge in [0.2, 0.25) is 0 Å². The van der Waals surface area contributed by atoms with Crippen LogP contribution in [-0.4, -0.2) is 26.9 Å². The number of anilines is 4. The topological polar surface area (TPSA) is 23.6 Å². The Bertz CT molecular complexity index is 1440. The van der Waals surface area contributed by atoms with Crippen molar-refractivity contribution in [3.63, 3.8) is 0 Å². The second-order valence-corrected chi connectivity index (χ2v) is 15.5. The molecule has 0 amide bonds. The van der Waals surface area contributed by atoms with Crippen molar-refractivity contribution >= 4 is 47.0 Å². The van der Waals surface area contributed by atoms with Gasteiger partial charge in [-0.1, -0.05) is 49.5 Å². The average molecular weight is 501 g/mol. The van der Waals surface area contributed by atoms with E-state index in [4.69, 9.17) is 0 Å². The number of hydrogen-bond donors (Lipinski definition) is 0. The maximum atomic E-state index is 13.8. The summed E-state index contributed by atoms with van der Waals surface area (Å²) in [5, 5.41) is 2.53. The van der Waals surface area contributed by atoms with Crippen molar-refractivity contribution in [1.29, 1.82) is 0 Å². The van der Waals surface area contributed by atoms with Gasteiger partial charge in [0.25, 0.3) is 0 Å². The number of carbonyl (C=O) groups excluding carboxylic acids is 1. The second kappa shape index (κ2) is 8.46. The summed E-state index contributed by atoms with van der Waals surface area (Å²) >= 11 is 0. The van der Waals surface area contributed by atoms with Crippen LogP contribution in [0.25, 0.3) is 0 Å². The standard InChI is InChI=1S/C33H32N2OSi/c1-37(2)31-21-25(34-19-7-11-23-9-3-5-13-29(23)34)15-17-27(31)33(36)28-18-16-26(22-32(28)37)35-20-8-12-24-10-4-6-14-30(24)35/h3-6,9-10,13-18,21-22H,7-8,11-12,19-20H2,1-2H3. The van der Waals surface area contributed by atoms with Gasteiger partial charge in [0.1, 0.15) is 8.07 Å². The van der Waals surface area contributed by atoms with E-state index in [0.29, 0.717) is 0 Å². The van der Waals surface area contributed by atoms with Crippen molar-refractivity contribution in [2.24, 2.45) is 0 Å². The van der Waals surface area contributed by atoms with Gasteiger partial charge in [0, 0.05) is 47.0 Å². The van der Waals surface area contributed by atoms with Gasteiger partial charge >= 0.3 is 0 Å². The molecule has 3 aliphatic rings. The Morgan fingerprint density at radius 2 is 1.08 bits per heavy atom. The summed E-state index contributed by atoms with van der Waals surface area (Å²) in [6.45, 7) is 6.86. The number of para-hydroxylation sites is 2. The van der Waals surface area contributed by atoms with E-state index in [0.717, 1.165) is 49.9 Å². The average Bonchev–Trinajstić information content (AvgIpc) is 2.95. The van der Waals surface area contributed by atoms with Gasteiger partial charge in [0.05, 0.1) is 0 Å². The third-order valence-electron chi connectivity index (χ3n) is 8.69. The Morgan fingerprint density at radius 1 is 0.622 bits per heavy atom. The third-order valence-corrected chi connectivity index (χ3v) is 12.2. The lowest BCUT2D eigenvalue weighted by Crippen LogP contribution is -2.60. The van der Waals surface area contributed by atoms with Crippen molar-refractivity contribution in [3.05, 3.63) is 107 Å². The maximum Gasteiger partial charge on any atom is 0.192 e. The highest BCUT2D eigenvalue weighted by molar-refractivity contribution is 7.02. The lowest BCUT2D eigenvalue weighted by atomic mass is 9.98. The van der Waals surface area contributed by atoms with E-state index in [1.54, 1.807) is 0 Å². The van der Waals surface area contributed by atoms with Gasteiger partial charge in [0.15, 0.2) is 5.78 Å². The van der Waals surface area contributed by atoms with Crippen molar-refractivity contribution < 1.29 is 4.79 Å². The predicted molar refractivity (Wildman–Crippen MR) is 157 cm³/mol. The van der Waals surface area contributed by atoms with Crippen molar-refractivity contribution in [2.45, 2.75) is 38.8 Å². The van der Waals surface area contributed by atoms with Gasteiger partial charge in [-0.15, -0.1) is 0 Å². The van der Waals surface area contributed by atoms with Crippen LogP contribution in [0.1, 0.15) is 39.9 Å². The molecule has 3 nitrogen and oxygen atoms in total. The van der Waals surface area contributed by atoms with Crippen molar-refractivity contribution in [3.8, 4) is 0 Å². The summed E-state index contributed by atoms with van der Waals surface area (Å²) in [4.78, 5) is 18.7. The number of aryl methyl sites for hydroxylation is 2. The fourth-order valence-electron chi connectivity index (χ4n) is 6.72. The number of nitrogens with zero attached hydrogens (tertiary/aromatic N) is 2. The quantitative estimate of drug-likeness (QED) is 0.305. The summed E-state index contributed by atoms with van der Waals surface area (Å²) < 4.78 is 0. The van der Waals surface area contributed by atoms with E-state index >= 15 is 0 Å². The molecule has 0 fully saturated rings. The zero-order valence-electron chi connectivity index (χ0n) is 21.6. The van der Waals surface area contributed by atoms with E-state index in [1.165, 1.54) is 44.2 Å². The van der Waals surface area contributed by atoms with Crippen LogP contribution in [0.5, 0.6) is 0 Å². The summed E-state index contributed by atoms with van der Waals surface area (Å²) in [5.74, 6) is 0.174. The maximum absolute atomic E-state index is 13.8. The first-order valence-corrected chi connectivity index (χ1v) is 16.6. The molecule has 4 aromatic rings. The van der Waals surface area contributed by atoms with Crippen LogP contribution in [0.2, 0.25) is 13.1 Å². The van der Waals surface area contributed by atoms with Crippen LogP contribution >= 0.6 is 0 Å². The molecule has 0 radical (unpaired) electrons.